The molecule has 5 nitrogen and oxygen atoms in total. The molecular formula is C19H20BrFN2O3. The highest BCUT2D eigenvalue weighted by Crippen LogP contribution is 2.21. The number of benzene rings is 2. The highest BCUT2D eigenvalue weighted by Gasteiger charge is 2.28. The van der Waals surface area contributed by atoms with Crippen molar-refractivity contribution in [3.05, 3.63) is 63.9 Å². The first-order chi connectivity index (χ1) is 12.5. The molecule has 0 spiro atoms. The summed E-state index contributed by atoms with van der Waals surface area (Å²) < 4.78 is 26.4. The molecular weight excluding hydrogens is 403 g/mol. The van der Waals surface area contributed by atoms with Crippen molar-refractivity contribution in [3.8, 4) is 5.75 Å². The predicted octanol–water partition coefficient (Wildman–Crippen LogP) is 2.85. The van der Waals surface area contributed by atoms with E-state index in [1.165, 1.54) is 6.07 Å². The van der Waals surface area contributed by atoms with Crippen molar-refractivity contribution in [1.29, 1.82) is 0 Å². The molecule has 7 heteroatoms. The molecule has 3 rings (SSSR count). The lowest BCUT2D eigenvalue weighted by atomic mass is 10.1. The minimum Gasteiger partial charge on any atom is -0.489 e. The highest BCUT2D eigenvalue weighted by molar-refractivity contribution is 9.10. The zero-order valence-electron chi connectivity index (χ0n) is 14.2. The minimum atomic E-state index is -0.532. The Labute approximate surface area is 160 Å². The molecule has 1 saturated heterocycles. The fourth-order valence-electron chi connectivity index (χ4n) is 2.85. The second kappa shape index (κ2) is 8.62. The monoisotopic (exact) mass is 422 g/mol. The fraction of sp³-hybridized carbons (Fsp3) is 0.316. The van der Waals surface area contributed by atoms with Gasteiger partial charge in [-0.15, -0.1) is 0 Å². The summed E-state index contributed by atoms with van der Waals surface area (Å²) in [6, 6.07) is 12.0. The maximum absolute atomic E-state index is 14.5. The summed E-state index contributed by atoms with van der Waals surface area (Å²) in [5.41, 5.74) is 6.88. The van der Waals surface area contributed by atoms with Crippen LogP contribution >= 0.6 is 15.9 Å². The summed E-state index contributed by atoms with van der Waals surface area (Å²) in [6.07, 6.45) is 0. The van der Waals surface area contributed by atoms with Crippen LogP contribution in [0.4, 0.5) is 4.39 Å². The van der Waals surface area contributed by atoms with Crippen LogP contribution in [0.3, 0.4) is 0 Å². The van der Waals surface area contributed by atoms with Crippen LogP contribution in [0, 0.1) is 5.82 Å². The Morgan fingerprint density at radius 1 is 1.35 bits per heavy atom. The van der Waals surface area contributed by atoms with Crippen molar-refractivity contribution >= 4 is 21.8 Å². The van der Waals surface area contributed by atoms with E-state index in [1.807, 2.05) is 29.2 Å². The van der Waals surface area contributed by atoms with E-state index in [0.29, 0.717) is 37.6 Å². The molecule has 0 radical (unpaired) electrons. The summed E-state index contributed by atoms with van der Waals surface area (Å²) in [5.74, 6) is -0.370. The van der Waals surface area contributed by atoms with E-state index in [2.05, 4.69) is 15.9 Å². The van der Waals surface area contributed by atoms with Gasteiger partial charge in [0.25, 0.3) is 0 Å². The van der Waals surface area contributed by atoms with E-state index in [4.69, 9.17) is 15.2 Å². The van der Waals surface area contributed by atoms with Crippen LogP contribution in [0.25, 0.3) is 0 Å². The molecule has 26 heavy (non-hydrogen) atoms. The lowest BCUT2D eigenvalue weighted by Gasteiger charge is -2.33. The lowest BCUT2D eigenvalue weighted by Crippen LogP contribution is -2.51. The maximum atomic E-state index is 14.5. The van der Waals surface area contributed by atoms with E-state index in [-0.39, 0.29) is 12.4 Å². The molecule has 1 heterocycles. The molecule has 1 amide bonds. The first kappa shape index (κ1) is 18.8. The third-order valence-corrected chi connectivity index (χ3v) is 4.75. The van der Waals surface area contributed by atoms with Crippen molar-refractivity contribution in [3.63, 3.8) is 0 Å². The van der Waals surface area contributed by atoms with Crippen molar-refractivity contribution in [2.45, 2.75) is 19.2 Å². The minimum absolute atomic E-state index is 0.241. The summed E-state index contributed by atoms with van der Waals surface area (Å²) in [5, 5.41) is 0. The summed E-state index contributed by atoms with van der Waals surface area (Å²) in [6.45, 7) is 1.93. The molecule has 0 aliphatic carbocycles. The van der Waals surface area contributed by atoms with Gasteiger partial charge in [-0.25, -0.2) is 4.39 Å². The van der Waals surface area contributed by atoms with Gasteiger partial charge in [-0.05, 0) is 23.8 Å². The number of halogens is 2. The van der Waals surface area contributed by atoms with E-state index in [9.17, 15) is 9.18 Å². The Morgan fingerprint density at radius 3 is 2.92 bits per heavy atom. The van der Waals surface area contributed by atoms with Crippen LogP contribution < -0.4 is 10.5 Å². The molecule has 0 bridgehead atoms. The van der Waals surface area contributed by atoms with Crippen molar-refractivity contribution in [2.24, 2.45) is 5.73 Å². The van der Waals surface area contributed by atoms with E-state index in [1.54, 1.807) is 12.1 Å². The van der Waals surface area contributed by atoms with Crippen molar-refractivity contribution < 1.29 is 18.7 Å². The van der Waals surface area contributed by atoms with Crippen molar-refractivity contribution in [1.82, 2.24) is 4.90 Å². The Balaban J connectivity index is 1.64. The lowest BCUT2D eigenvalue weighted by molar-refractivity contribution is -0.129. The summed E-state index contributed by atoms with van der Waals surface area (Å²) in [4.78, 5) is 13.4. The smallest absolute Gasteiger partial charge is 0.237 e. The van der Waals surface area contributed by atoms with Gasteiger partial charge in [0.2, 0.25) is 5.91 Å². The molecule has 1 aliphatic heterocycles. The molecule has 1 atom stereocenters. The quantitative estimate of drug-likeness (QED) is 0.776. The van der Waals surface area contributed by atoms with Crippen molar-refractivity contribution in [2.75, 3.05) is 19.8 Å². The van der Waals surface area contributed by atoms with Crippen LogP contribution in [0.5, 0.6) is 5.75 Å². The number of nitrogens with two attached hydrogens (primary N) is 1. The van der Waals surface area contributed by atoms with Crippen LogP contribution in [0.15, 0.2) is 46.9 Å². The first-order valence-electron chi connectivity index (χ1n) is 8.29. The molecule has 138 valence electrons. The number of primary amides is 1. The number of carbonyl (C=O) groups is 1. The average Bonchev–Trinajstić information content (AvgIpc) is 2.62. The molecule has 0 saturated carbocycles. The van der Waals surface area contributed by atoms with Crippen LogP contribution in [-0.4, -0.2) is 36.6 Å². The first-order valence-corrected chi connectivity index (χ1v) is 9.09. The molecule has 0 unspecified atom stereocenters. The second-order valence-electron chi connectivity index (χ2n) is 6.14. The van der Waals surface area contributed by atoms with Gasteiger partial charge in [-0.1, -0.05) is 34.1 Å². The predicted molar refractivity (Wildman–Crippen MR) is 99.1 cm³/mol. The SMILES string of the molecule is NC(=O)[C@@H]1COCCN1Cc1ccc(OCc2cccc(Br)c2)cc1F. The van der Waals surface area contributed by atoms with Crippen LogP contribution in [-0.2, 0) is 22.7 Å². The summed E-state index contributed by atoms with van der Waals surface area (Å²) >= 11 is 3.41. The molecule has 2 N–H and O–H groups in total. The van der Waals surface area contributed by atoms with Crippen LogP contribution in [0.2, 0.25) is 0 Å². The molecule has 0 aromatic heterocycles. The number of nitrogens with zero attached hydrogens (tertiary/aromatic N) is 1. The van der Waals surface area contributed by atoms with Gasteiger partial charge in [0, 0.05) is 29.2 Å². The van der Waals surface area contributed by atoms with Gasteiger partial charge in [0.05, 0.1) is 13.2 Å². The number of hydrogen-bond acceptors (Lipinski definition) is 4. The Kier molecular flexibility index (Phi) is 6.24. The number of rotatable bonds is 6. The average molecular weight is 423 g/mol. The zero-order chi connectivity index (χ0) is 18.5. The highest BCUT2D eigenvalue weighted by atomic mass is 79.9. The summed E-state index contributed by atoms with van der Waals surface area (Å²) in [7, 11) is 0. The molecule has 2 aromatic carbocycles. The Hall–Kier alpha value is -1.96. The number of hydrogen-bond donors (Lipinski definition) is 1. The number of ether oxygens (including phenoxy) is 2. The van der Waals surface area contributed by atoms with Gasteiger partial charge in [0.15, 0.2) is 0 Å². The standard InChI is InChI=1S/C19H20BrFN2O3/c20-15-3-1-2-13(8-15)11-26-16-5-4-14(17(21)9-16)10-23-6-7-25-12-18(23)19(22)24/h1-5,8-9,18H,6-7,10-12H2,(H2,22,24)/t18-/m0/s1. The maximum Gasteiger partial charge on any atom is 0.237 e. The second-order valence-corrected chi connectivity index (χ2v) is 7.05. The normalized spacial score (nSPS) is 17.8. The van der Waals surface area contributed by atoms with Gasteiger partial charge in [-0.2, -0.15) is 0 Å². The Bertz CT molecular complexity index is 787. The number of morpholine rings is 1. The number of amides is 1. The van der Waals surface area contributed by atoms with Gasteiger partial charge in [-0.3, -0.25) is 9.69 Å². The van der Waals surface area contributed by atoms with Gasteiger partial charge in [0.1, 0.15) is 24.2 Å². The molecule has 1 aliphatic rings. The topological polar surface area (TPSA) is 64.8 Å². The zero-order valence-corrected chi connectivity index (χ0v) is 15.7. The third kappa shape index (κ3) is 4.81. The Morgan fingerprint density at radius 2 is 2.19 bits per heavy atom. The number of carbonyl (C=O) groups excluding carboxylic acids is 1. The van der Waals surface area contributed by atoms with E-state index < -0.39 is 11.9 Å². The third-order valence-electron chi connectivity index (χ3n) is 4.26. The van der Waals surface area contributed by atoms with Crippen LogP contribution in [0.1, 0.15) is 11.1 Å². The fourth-order valence-corrected chi connectivity index (χ4v) is 3.29. The van der Waals surface area contributed by atoms with E-state index >= 15 is 0 Å². The molecule has 2 aromatic rings. The van der Waals surface area contributed by atoms with E-state index in [0.717, 1.165) is 10.0 Å². The van der Waals surface area contributed by atoms with Gasteiger partial charge < -0.3 is 15.2 Å². The molecule has 1 fully saturated rings. The largest absolute Gasteiger partial charge is 0.489 e. The van der Waals surface area contributed by atoms with Gasteiger partial charge >= 0.3 is 0 Å².